The largest absolute Gasteiger partial charge is 0.379 e. The van der Waals surface area contributed by atoms with E-state index in [1.54, 1.807) is 4.90 Å². The molecule has 0 spiro atoms. The van der Waals surface area contributed by atoms with E-state index < -0.39 is 0 Å². The van der Waals surface area contributed by atoms with E-state index in [4.69, 9.17) is 10.5 Å². The summed E-state index contributed by atoms with van der Waals surface area (Å²) >= 11 is 0. The molecule has 2 saturated heterocycles. The van der Waals surface area contributed by atoms with Gasteiger partial charge in [-0.2, -0.15) is 0 Å². The van der Waals surface area contributed by atoms with E-state index in [9.17, 15) is 9.59 Å². The van der Waals surface area contributed by atoms with Crippen molar-refractivity contribution in [3.63, 3.8) is 0 Å². The van der Waals surface area contributed by atoms with Crippen molar-refractivity contribution in [1.82, 2.24) is 10.2 Å². The molecule has 3 N–H and O–H groups in total. The van der Waals surface area contributed by atoms with E-state index in [0.717, 1.165) is 6.42 Å². The highest BCUT2D eigenvalue weighted by Crippen LogP contribution is 2.16. The summed E-state index contributed by atoms with van der Waals surface area (Å²) in [7, 11) is 0. The van der Waals surface area contributed by atoms with Crippen LogP contribution in [0.15, 0.2) is 0 Å². The normalized spacial score (nSPS) is 29.4. The van der Waals surface area contributed by atoms with Crippen molar-refractivity contribution in [3.8, 4) is 0 Å². The second kappa shape index (κ2) is 4.69. The number of nitrogens with one attached hydrogen (secondary N) is 1. The summed E-state index contributed by atoms with van der Waals surface area (Å²) in [4.78, 5) is 24.4. The molecule has 6 nitrogen and oxygen atoms in total. The molecule has 2 unspecified atom stereocenters. The molecule has 2 rings (SSSR count). The average Bonchev–Trinajstić information content (AvgIpc) is 2.86. The Hall–Kier alpha value is -1.30. The minimum Gasteiger partial charge on any atom is -0.379 e. The number of rotatable bonds is 2. The van der Waals surface area contributed by atoms with Crippen LogP contribution in [0.2, 0.25) is 0 Å². The Labute approximate surface area is 94.1 Å². The van der Waals surface area contributed by atoms with Gasteiger partial charge in [0, 0.05) is 19.7 Å². The van der Waals surface area contributed by atoms with Crippen molar-refractivity contribution >= 4 is 11.9 Å². The van der Waals surface area contributed by atoms with Crippen LogP contribution in [0, 0.1) is 5.92 Å². The lowest BCUT2D eigenvalue weighted by atomic mass is 10.1. The SMILES string of the molecule is NC(=O)C1CCN(C(=O)NC2CCOC2)C1. The molecular weight excluding hydrogens is 210 g/mol. The van der Waals surface area contributed by atoms with Crippen molar-refractivity contribution in [1.29, 1.82) is 0 Å². The number of likely N-dealkylation sites (tertiary alicyclic amines) is 1. The van der Waals surface area contributed by atoms with Gasteiger partial charge in [-0.15, -0.1) is 0 Å². The maximum absolute atomic E-state index is 11.8. The highest BCUT2D eigenvalue weighted by molar-refractivity contribution is 5.80. The van der Waals surface area contributed by atoms with Gasteiger partial charge in [-0.05, 0) is 12.8 Å². The van der Waals surface area contributed by atoms with E-state index in [2.05, 4.69) is 5.32 Å². The minimum absolute atomic E-state index is 0.111. The Kier molecular flexibility index (Phi) is 3.28. The molecule has 0 aromatic rings. The van der Waals surface area contributed by atoms with Gasteiger partial charge in [-0.1, -0.05) is 0 Å². The fourth-order valence-corrected chi connectivity index (χ4v) is 2.09. The fourth-order valence-electron chi connectivity index (χ4n) is 2.09. The van der Waals surface area contributed by atoms with E-state index in [-0.39, 0.29) is 23.9 Å². The summed E-state index contributed by atoms with van der Waals surface area (Å²) in [6, 6.07) is -0.000576. The van der Waals surface area contributed by atoms with Gasteiger partial charge < -0.3 is 20.7 Å². The summed E-state index contributed by atoms with van der Waals surface area (Å²) in [5, 5.41) is 2.89. The Bertz CT molecular complexity index is 289. The molecule has 90 valence electrons. The quantitative estimate of drug-likeness (QED) is 0.653. The molecule has 16 heavy (non-hydrogen) atoms. The van der Waals surface area contributed by atoms with Crippen LogP contribution in [0.1, 0.15) is 12.8 Å². The van der Waals surface area contributed by atoms with E-state index in [0.29, 0.717) is 32.7 Å². The van der Waals surface area contributed by atoms with E-state index in [1.165, 1.54) is 0 Å². The smallest absolute Gasteiger partial charge is 0.317 e. The number of urea groups is 1. The number of carbonyl (C=O) groups is 2. The van der Waals surface area contributed by atoms with Gasteiger partial charge in [0.15, 0.2) is 0 Å². The van der Waals surface area contributed by atoms with Gasteiger partial charge in [-0.25, -0.2) is 4.79 Å². The number of nitrogens with two attached hydrogens (primary N) is 1. The molecule has 0 radical (unpaired) electrons. The van der Waals surface area contributed by atoms with Gasteiger partial charge in [0.2, 0.25) is 5.91 Å². The fraction of sp³-hybridized carbons (Fsp3) is 0.800. The van der Waals surface area contributed by atoms with E-state index in [1.807, 2.05) is 0 Å². The lowest BCUT2D eigenvalue weighted by Crippen LogP contribution is -2.44. The molecule has 3 amide bonds. The van der Waals surface area contributed by atoms with Gasteiger partial charge in [0.1, 0.15) is 0 Å². The van der Waals surface area contributed by atoms with Gasteiger partial charge in [-0.3, -0.25) is 4.79 Å². The van der Waals surface area contributed by atoms with Crippen molar-refractivity contribution < 1.29 is 14.3 Å². The van der Waals surface area contributed by atoms with Gasteiger partial charge >= 0.3 is 6.03 Å². The third kappa shape index (κ3) is 2.44. The van der Waals surface area contributed by atoms with Crippen LogP contribution < -0.4 is 11.1 Å². The maximum atomic E-state index is 11.8. The predicted molar refractivity (Wildman–Crippen MR) is 56.6 cm³/mol. The summed E-state index contributed by atoms with van der Waals surface area (Å²) < 4.78 is 5.17. The van der Waals surface area contributed by atoms with Crippen LogP contribution >= 0.6 is 0 Å². The van der Waals surface area contributed by atoms with Gasteiger partial charge in [0.25, 0.3) is 0 Å². The van der Waals surface area contributed by atoms with Crippen molar-refractivity contribution in [3.05, 3.63) is 0 Å². The lowest BCUT2D eigenvalue weighted by Gasteiger charge is -2.19. The zero-order valence-corrected chi connectivity index (χ0v) is 9.15. The average molecular weight is 227 g/mol. The molecule has 0 aliphatic carbocycles. The summed E-state index contributed by atoms with van der Waals surface area (Å²) in [6.07, 6.45) is 1.53. The number of hydrogen-bond donors (Lipinski definition) is 2. The lowest BCUT2D eigenvalue weighted by molar-refractivity contribution is -0.121. The van der Waals surface area contributed by atoms with Crippen LogP contribution in [0.4, 0.5) is 4.79 Å². The van der Waals surface area contributed by atoms with E-state index >= 15 is 0 Å². The van der Waals surface area contributed by atoms with Gasteiger partial charge in [0.05, 0.1) is 18.6 Å². The van der Waals surface area contributed by atoms with Crippen molar-refractivity contribution in [2.75, 3.05) is 26.3 Å². The first-order chi connectivity index (χ1) is 7.66. The minimum atomic E-state index is -0.320. The molecule has 2 atom stereocenters. The number of carbonyl (C=O) groups excluding carboxylic acids is 2. The molecule has 2 aliphatic rings. The molecule has 2 aliphatic heterocycles. The summed E-state index contributed by atoms with van der Waals surface area (Å²) in [5.41, 5.74) is 5.21. The predicted octanol–water partition coefficient (Wildman–Crippen LogP) is -0.708. The van der Waals surface area contributed by atoms with Crippen LogP contribution in [-0.4, -0.2) is 49.2 Å². The molecule has 2 heterocycles. The first-order valence-corrected chi connectivity index (χ1v) is 5.59. The first-order valence-electron chi connectivity index (χ1n) is 5.59. The van der Waals surface area contributed by atoms with Crippen molar-refractivity contribution in [2.45, 2.75) is 18.9 Å². The third-order valence-electron chi connectivity index (χ3n) is 3.14. The van der Waals surface area contributed by atoms with Crippen molar-refractivity contribution in [2.24, 2.45) is 11.7 Å². The Morgan fingerprint density at radius 2 is 2.19 bits per heavy atom. The monoisotopic (exact) mass is 227 g/mol. The summed E-state index contributed by atoms with van der Waals surface area (Å²) in [6.45, 7) is 2.33. The van der Waals surface area contributed by atoms with Crippen LogP contribution in [0.5, 0.6) is 0 Å². The Morgan fingerprint density at radius 1 is 1.38 bits per heavy atom. The maximum Gasteiger partial charge on any atom is 0.317 e. The molecule has 0 aromatic heterocycles. The number of amides is 3. The zero-order chi connectivity index (χ0) is 11.5. The summed E-state index contributed by atoms with van der Waals surface area (Å²) in [5.74, 6) is -0.509. The zero-order valence-electron chi connectivity index (χ0n) is 9.15. The molecular formula is C10H17N3O3. The Balaban J connectivity index is 1.79. The molecule has 0 bridgehead atoms. The standard InChI is InChI=1S/C10H17N3O3/c11-9(14)7-1-3-13(5-7)10(15)12-8-2-4-16-6-8/h7-8H,1-6H2,(H2,11,14)(H,12,15). The number of ether oxygens (including phenoxy) is 1. The molecule has 0 saturated carbocycles. The second-order valence-electron chi connectivity index (χ2n) is 4.34. The molecule has 0 aromatic carbocycles. The Morgan fingerprint density at radius 3 is 2.75 bits per heavy atom. The third-order valence-corrected chi connectivity index (χ3v) is 3.14. The molecule has 6 heteroatoms. The van der Waals surface area contributed by atoms with Crippen LogP contribution in [0.3, 0.4) is 0 Å². The van der Waals surface area contributed by atoms with Crippen LogP contribution in [-0.2, 0) is 9.53 Å². The topological polar surface area (TPSA) is 84.7 Å². The molecule has 2 fully saturated rings. The second-order valence-corrected chi connectivity index (χ2v) is 4.34. The highest BCUT2D eigenvalue weighted by atomic mass is 16.5. The first kappa shape index (κ1) is 11.2. The number of nitrogens with zero attached hydrogens (tertiary/aromatic N) is 1. The number of primary amides is 1. The highest BCUT2D eigenvalue weighted by Gasteiger charge is 2.30. The van der Waals surface area contributed by atoms with Crippen LogP contribution in [0.25, 0.3) is 0 Å². The number of hydrogen-bond acceptors (Lipinski definition) is 3.